The number of benzene rings is 3. The van der Waals surface area contributed by atoms with Gasteiger partial charge in [-0.1, -0.05) is 51.1 Å². The second kappa shape index (κ2) is 14.6. The van der Waals surface area contributed by atoms with Crippen LogP contribution in [0.15, 0.2) is 58.6 Å². The Balaban J connectivity index is 1.48. The van der Waals surface area contributed by atoms with Crippen LogP contribution in [0.1, 0.15) is 92.4 Å². The van der Waals surface area contributed by atoms with Crippen molar-refractivity contribution in [2.45, 2.75) is 103 Å². The lowest BCUT2D eigenvalue weighted by Gasteiger charge is -2.55. The number of aliphatic hydroxyl groups is 1. The minimum atomic E-state index is -2.94. The van der Waals surface area contributed by atoms with Crippen LogP contribution < -0.4 is 14.4 Å². The summed E-state index contributed by atoms with van der Waals surface area (Å²) in [4.78, 5) is 48.8. The Morgan fingerprint density at radius 1 is 0.983 bits per heavy atom. The third-order valence-electron chi connectivity index (χ3n) is 12.7. The van der Waals surface area contributed by atoms with Crippen molar-refractivity contribution < 1.29 is 42.6 Å². The van der Waals surface area contributed by atoms with E-state index in [1.54, 1.807) is 14.2 Å². The summed E-state index contributed by atoms with van der Waals surface area (Å²) in [6.45, 7) is 17.7. The van der Waals surface area contributed by atoms with E-state index in [0.29, 0.717) is 40.3 Å². The zero-order valence-electron chi connectivity index (χ0n) is 36.5. The van der Waals surface area contributed by atoms with Gasteiger partial charge >= 0.3 is 6.09 Å². The van der Waals surface area contributed by atoms with Crippen molar-refractivity contribution in [2.75, 3.05) is 33.2 Å². The van der Waals surface area contributed by atoms with Crippen molar-refractivity contribution in [3.63, 3.8) is 0 Å². The third-order valence-corrected chi connectivity index (χ3v) is 17.2. The number of amides is 1. The van der Waals surface area contributed by atoms with Gasteiger partial charge in [-0.05, 0) is 124 Å². The number of fused-ring (bicyclic) bond motifs is 5. The largest absolute Gasteiger partial charge is 0.507 e. The van der Waals surface area contributed by atoms with Gasteiger partial charge in [-0.25, -0.2) is 4.79 Å². The molecule has 0 aliphatic heterocycles. The van der Waals surface area contributed by atoms with Crippen LogP contribution in [0.3, 0.4) is 0 Å². The number of carbonyl (C=O) groups is 3. The zero-order chi connectivity index (χ0) is 43.1. The molecule has 4 aromatic rings. The van der Waals surface area contributed by atoms with Gasteiger partial charge in [0.25, 0.3) is 5.88 Å². The number of hydrogen-bond acceptors (Lipinski definition) is 11. The molecule has 1 fully saturated rings. The SMILES string of the molecule is COc1ccc2c(N(C)C(=O)OC(C)(C)C)c3c(c(C)c2c1)C(O)=C1C(=O)[C@]2(O[Si](C)(C)C(C)(C)C)C(=O)c4c(OCc5ccccc5)noc4[C@@H](N(C)C)[C@@H]2C[C@@H]1C3. The van der Waals surface area contributed by atoms with E-state index in [1.807, 2.05) is 108 Å². The molecule has 4 atom stereocenters. The zero-order valence-corrected chi connectivity index (χ0v) is 37.5. The second-order valence-electron chi connectivity index (χ2n) is 18.9. The van der Waals surface area contributed by atoms with E-state index >= 15 is 9.59 Å². The number of ketones is 2. The number of anilines is 1. The first-order valence-corrected chi connectivity index (χ1v) is 23.1. The van der Waals surface area contributed by atoms with Gasteiger partial charge in [-0.15, -0.1) is 0 Å². The number of rotatable bonds is 8. The Labute approximate surface area is 347 Å². The van der Waals surface area contributed by atoms with Crippen LogP contribution in [0.5, 0.6) is 11.6 Å². The van der Waals surface area contributed by atoms with E-state index in [9.17, 15) is 9.90 Å². The fourth-order valence-electron chi connectivity index (χ4n) is 8.98. The molecule has 13 heteroatoms. The number of carbonyl (C=O) groups excluding carboxylic acids is 3. The fourth-order valence-corrected chi connectivity index (χ4v) is 10.4. The Morgan fingerprint density at radius 3 is 2.27 bits per heavy atom. The average molecular weight is 824 g/mol. The van der Waals surface area contributed by atoms with Crippen LogP contribution in [-0.2, 0) is 27.0 Å². The van der Waals surface area contributed by atoms with E-state index in [1.165, 1.54) is 4.90 Å². The molecule has 0 radical (unpaired) electrons. The van der Waals surface area contributed by atoms with Gasteiger partial charge in [0.15, 0.2) is 19.7 Å². The van der Waals surface area contributed by atoms with Gasteiger partial charge < -0.3 is 28.3 Å². The number of aliphatic hydroxyl groups excluding tert-OH is 1. The monoisotopic (exact) mass is 823 g/mol. The van der Waals surface area contributed by atoms with Crippen LogP contribution >= 0.6 is 0 Å². The Hall–Kier alpha value is -4.98. The first kappa shape index (κ1) is 42.2. The molecule has 1 heterocycles. The van der Waals surface area contributed by atoms with Gasteiger partial charge in [0.2, 0.25) is 11.6 Å². The number of aryl methyl sites for hydroxylation is 1. The summed E-state index contributed by atoms with van der Waals surface area (Å²) in [5.41, 5.74) is 0.670. The van der Waals surface area contributed by atoms with Crippen LogP contribution in [0.4, 0.5) is 10.5 Å². The summed E-state index contributed by atoms with van der Waals surface area (Å²) in [7, 11) is 4.07. The Morgan fingerprint density at radius 2 is 1.66 bits per heavy atom. The number of aromatic nitrogens is 1. The molecule has 3 aliphatic carbocycles. The maximum Gasteiger partial charge on any atom is 0.414 e. The molecule has 1 aromatic heterocycles. The summed E-state index contributed by atoms with van der Waals surface area (Å²) in [6, 6.07) is 14.5. The van der Waals surface area contributed by atoms with Crippen LogP contribution in [0.2, 0.25) is 18.1 Å². The minimum absolute atomic E-state index is 0.00874. The maximum atomic E-state index is 15.9. The molecule has 7 rings (SSSR count). The fraction of sp³-hybridized carbons (Fsp3) is 0.478. The summed E-state index contributed by atoms with van der Waals surface area (Å²) in [5, 5.41) is 18.1. The average Bonchev–Trinajstić information content (AvgIpc) is 3.57. The maximum absolute atomic E-state index is 15.9. The van der Waals surface area contributed by atoms with Crippen molar-refractivity contribution in [3.8, 4) is 11.6 Å². The van der Waals surface area contributed by atoms with E-state index in [4.69, 9.17) is 23.2 Å². The summed E-state index contributed by atoms with van der Waals surface area (Å²) >= 11 is 0. The number of ether oxygens (including phenoxy) is 3. The number of Topliss-reactive ketones (excluding diaryl/α,β-unsaturated/α-hetero) is 2. The molecule has 0 saturated heterocycles. The molecular weight excluding hydrogens is 767 g/mol. The van der Waals surface area contributed by atoms with Crippen molar-refractivity contribution in [2.24, 2.45) is 11.8 Å². The van der Waals surface area contributed by atoms with E-state index in [0.717, 1.165) is 16.3 Å². The summed E-state index contributed by atoms with van der Waals surface area (Å²) in [5.74, 6) is -1.79. The molecule has 3 aliphatic rings. The molecule has 12 nitrogen and oxygen atoms in total. The molecule has 1 N–H and O–H groups in total. The second-order valence-corrected chi connectivity index (χ2v) is 23.7. The first-order chi connectivity index (χ1) is 27.5. The number of hydrogen-bond donors (Lipinski definition) is 1. The third kappa shape index (κ3) is 6.84. The van der Waals surface area contributed by atoms with Crippen molar-refractivity contribution in [1.82, 2.24) is 10.1 Å². The van der Waals surface area contributed by atoms with E-state index in [-0.39, 0.29) is 35.8 Å². The van der Waals surface area contributed by atoms with Crippen molar-refractivity contribution in [3.05, 3.63) is 87.7 Å². The van der Waals surface area contributed by atoms with Crippen LogP contribution in [0.25, 0.3) is 16.5 Å². The van der Waals surface area contributed by atoms with Gasteiger partial charge in [-0.2, -0.15) is 0 Å². The highest BCUT2D eigenvalue weighted by atomic mass is 28.4. The summed E-state index contributed by atoms with van der Waals surface area (Å²) in [6.07, 6.45) is 0.00959. The number of methoxy groups -OCH3 is 1. The van der Waals surface area contributed by atoms with Gasteiger partial charge in [0.05, 0.1) is 18.8 Å². The normalized spacial score (nSPS) is 21.8. The van der Waals surface area contributed by atoms with Gasteiger partial charge in [0, 0.05) is 29.5 Å². The predicted octanol–water partition coefficient (Wildman–Crippen LogP) is 9.39. The first-order valence-electron chi connectivity index (χ1n) is 20.2. The van der Waals surface area contributed by atoms with Gasteiger partial charge in [-0.3, -0.25) is 19.4 Å². The van der Waals surface area contributed by atoms with Crippen LogP contribution in [0, 0.1) is 18.8 Å². The smallest absolute Gasteiger partial charge is 0.414 e. The Kier molecular flexibility index (Phi) is 10.5. The lowest BCUT2D eigenvalue weighted by Crippen LogP contribution is -2.68. The highest BCUT2D eigenvalue weighted by molar-refractivity contribution is 6.74. The molecule has 1 saturated carbocycles. The van der Waals surface area contributed by atoms with Crippen molar-refractivity contribution in [1.29, 1.82) is 0 Å². The highest BCUT2D eigenvalue weighted by Gasteiger charge is 2.69. The summed E-state index contributed by atoms with van der Waals surface area (Å²) < 4.78 is 31.0. The minimum Gasteiger partial charge on any atom is -0.507 e. The molecule has 0 unspecified atom stereocenters. The standard InChI is InChI=1S/C46H57N3O9Si/c1-25-30-23-28(54-11)19-20-29(30)36(49(10)43(53)56-44(2,3)4)31-21-27-22-32-37(48(8)9)39-35(42(47-57-39)55-24-26-17-15-14-16-18-26)41(52)46(32,58-59(12,13)45(5,6)7)40(51)34(27)38(50)33(25)31/h14-20,23,27,32,37,50H,21-22,24H2,1-13H3/t27-,32-,37-,46-/m0/s1. The Bertz CT molecular complexity index is 2390. The van der Waals surface area contributed by atoms with Gasteiger partial charge in [0.1, 0.15) is 29.3 Å². The lowest BCUT2D eigenvalue weighted by molar-refractivity contribution is -0.140. The molecule has 59 heavy (non-hydrogen) atoms. The predicted molar refractivity (Wildman–Crippen MR) is 229 cm³/mol. The number of nitrogens with zero attached hydrogens (tertiary/aromatic N) is 3. The van der Waals surface area contributed by atoms with E-state index < -0.39 is 60.1 Å². The van der Waals surface area contributed by atoms with Crippen molar-refractivity contribution >= 4 is 48.2 Å². The highest BCUT2D eigenvalue weighted by Crippen LogP contribution is 2.59. The van der Waals surface area contributed by atoms with Crippen LogP contribution in [-0.4, -0.2) is 80.6 Å². The molecule has 314 valence electrons. The molecule has 1 amide bonds. The molecule has 0 bridgehead atoms. The topological polar surface area (TPSA) is 141 Å². The molecular formula is C46H57N3O9Si. The molecule has 3 aromatic carbocycles. The lowest BCUT2D eigenvalue weighted by atomic mass is 9.57. The molecule has 0 spiro atoms. The quantitative estimate of drug-likeness (QED) is 0.134. The van der Waals surface area contributed by atoms with E-state index in [2.05, 4.69) is 25.9 Å².